The van der Waals surface area contributed by atoms with Gasteiger partial charge in [-0.15, -0.1) is 11.3 Å². The summed E-state index contributed by atoms with van der Waals surface area (Å²) in [4.78, 5) is 18.6. The Morgan fingerprint density at radius 3 is 2.71 bits per heavy atom. The van der Waals surface area contributed by atoms with Gasteiger partial charge < -0.3 is 19.7 Å². The first kappa shape index (κ1) is 20.1. The maximum atomic E-state index is 12.7. The highest BCUT2D eigenvalue weighted by molar-refractivity contribution is 7.09. The zero-order valence-corrected chi connectivity index (χ0v) is 17.6. The molecule has 1 spiro atoms. The highest BCUT2D eigenvalue weighted by Gasteiger charge is 2.36. The standard InChI is InChI=1S/C21H33N3O3S/c25-20(24-10-5-21(27-14-11-24)6-12-26-13-7-21)22-16-18-3-8-23(9-4-18)17-19-2-1-15-28-19/h1-2,15,18H,3-14,16-17H2,(H,22,25). The van der Waals surface area contributed by atoms with E-state index in [2.05, 4.69) is 27.7 Å². The van der Waals surface area contributed by atoms with Crippen LogP contribution in [0.15, 0.2) is 17.5 Å². The van der Waals surface area contributed by atoms with Crippen molar-refractivity contribution in [3.8, 4) is 0 Å². The minimum atomic E-state index is -0.0668. The highest BCUT2D eigenvalue weighted by Crippen LogP contribution is 2.30. The first-order valence-corrected chi connectivity index (χ1v) is 11.6. The molecule has 3 fully saturated rings. The average molecular weight is 408 g/mol. The molecule has 0 aromatic carbocycles. The summed E-state index contributed by atoms with van der Waals surface area (Å²) < 4.78 is 11.6. The van der Waals surface area contributed by atoms with Crippen molar-refractivity contribution in [1.82, 2.24) is 15.1 Å². The fourth-order valence-electron chi connectivity index (χ4n) is 4.55. The Hall–Kier alpha value is -1.15. The predicted molar refractivity (Wildman–Crippen MR) is 111 cm³/mol. The summed E-state index contributed by atoms with van der Waals surface area (Å²) in [5, 5.41) is 5.34. The topological polar surface area (TPSA) is 54.0 Å². The number of urea groups is 1. The summed E-state index contributed by atoms with van der Waals surface area (Å²) in [7, 11) is 0. The summed E-state index contributed by atoms with van der Waals surface area (Å²) in [5.41, 5.74) is -0.0668. The van der Waals surface area contributed by atoms with Crippen LogP contribution in [0, 0.1) is 5.92 Å². The second-order valence-electron chi connectivity index (χ2n) is 8.37. The maximum Gasteiger partial charge on any atom is 0.317 e. The van der Waals surface area contributed by atoms with Crippen LogP contribution in [0.2, 0.25) is 0 Å². The fourth-order valence-corrected chi connectivity index (χ4v) is 5.30. The van der Waals surface area contributed by atoms with Gasteiger partial charge in [-0.05, 0) is 62.6 Å². The van der Waals surface area contributed by atoms with Gasteiger partial charge >= 0.3 is 6.03 Å². The number of carbonyl (C=O) groups excluding carboxylic acids is 1. The molecule has 3 aliphatic rings. The number of rotatable bonds is 4. The van der Waals surface area contributed by atoms with E-state index in [1.54, 1.807) is 0 Å². The maximum absolute atomic E-state index is 12.7. The predicted octanol–water partition coefficient (Wildman–Crippen LogP) is 2.94. The van der Waals surface area contributed by atoms with E-state index in [4.69, 9.17) is 9.47 Å². The molecule has 4 heterocycles. The second-order valence-corrected chi connectivity index (χ2v) is 9.40. The minimum absolute atomic E-state index is 0.0668. The van der Waals surface area contributed by atoms with E-state index < -0.39 is 0 Å². The van der Waals surface area contributed by atoms with Crippen molar-refractivity contribution >= 4 is 17.4 Å². The van der Waals surface area contributed by atoms with Crippen molar-refractivity contribution < 1.29 is 14.3 Å². The summed E-state index contributed by atoms with van der Waals surface area (Å²) in [5.74, 6) is 0.591. The van der Waals surface area contributed by atoms with Gasteiger partial charge in [-0.1, -0.05) is 6.07 Å². The molecule has 0 aliphatic carbocycles. The quantitative estimate of drug-likeness (QED) is 0.834. The zero-order valence-electron chi connectivity index (χ0n) is 16.7. The van der Waals surface area contributed by atoms with E-state index in [-0.39, 0.29) is 11.6 Å². The van der Waals surface area contributed by atoms with Gasteiger partial charge in [0.05, 0.1) is 12.2 Å². The van der Waals surface area contributed by atoms with Crippen LogP contribution in [-0.4, -0.2) is 74.0 Å². The van der Waals surface area contributed by atoms with Gasteiger partial charge in [0.25, 0.3) is 0 Å². The lowest BCUT2D eigenvalue weighted by atomic mass is 9.90. The van der Waals surface area contributed by atoms with Gasteiger partial charge in [0.15, 0.2) is 0 Å². The molecule has 1 N–H and O–H groups in total. The van der Waals surface area contributed by atoms with Crippen molar-refractivity contribution in [2.24, 2.45) is 5.92 Å². The molecule has 0 unspecified atom stereocenters. The smallest absolute Gasteiger partial charge is 0.317 e. The molecule has 6 nitrogen and oxygen atoms in total. The third kappa shape index (κ3) is 5.26. The number of hydrogen-bond donors (Lipinski definition) is 1. The number of thiophene rings is 1. The molecule has 3 saturated heterocycles. The molecule has 2 amide bonds. The Bertz CT molecular complexity index is 610. The Morgan fingerprint density at radius 1 is 1.14 bits per heavy atom. The van der Waals surface area contributed by atoms with Crippen LogP contribution >= 0.6 is 11.3 Å². The van der Waals surface area contributed by atoms with Crippen molar-refractivity contribution in [2.45, 2.75) is 44.2 Å². The van der Waals surface area contributed by atoms with Gasteiger partial charge in [-0.3, -0.25) is 4.90 Å². The number of hydrogen-bond acceptors (Lipinski definition) is 5. The molecule has 0 bridgehead atoms. The fraction of sp³-hybridized carbons (Fsp3) is 0.762. The summed E-state index contributed by atoms with van der Waals surface area (Å²) in [6, 6.07) is 4.42. The zero-order chi connectivity index (χ0) is 19.2. The number of nitrogens with one attached hydrogen (secondary N) is 1. The molecule has 0 saturated carbocycles. The number of ether oxygens (including phenoxy) is 2. The van der Waals surface area contributed by atoms with Gasteiger partial charge in [0.1, 0.15) is 0 Å². The Morgan fingerprint density at radius 2 is 1.96 bits per heavy atom. The summed E-state index contributed by atoms with van der Waals surface area (Å²) >= 11 is 1.84. The van der Waals surface area contributed by atoms with Gasteiger partial charge in [-0.2, -0.15) is 0 Å². The average Bonchev–Trinajstić information content (AvgIpc) is 3.15. The van der Waals surface area contributed by atoms with Crippen LogP contribution in [0.5, 0.6) is 0 Å². The van der Waals surface area contributed by atoms with Crippen LogP contribution in [0.1, 0.15) is 37.0 Å². The number of nitrogens with zero attached hydrogens (tertiary/aromatic N) is 2. The van der Waals surface area contributed by atoms with E-state index in [9.17, 15) is 4.79 Å². The molecule has 1 aromatic heterocycles. The monoisotopic (exact) mass is 407 g/mol. The number of amides is 2. The lowest BCUT2D eigenvalue weighted by molar-refractivity contribution is -0.105. The molecular weight excluding hydrogens is 374 g/mol. The second kappa shape index (κ2) is 9.57. The first-order valence-electron chi connectivity index (χ1n) is 10.7. The normalized spacial score (nSPS) is 24.2. The third-order valence-electron chi connectivity index (χ3n) is 6.51. The lowest BCUT2D eigenvalue weighted by Crippen LogP contribution is -2.45. The number of carbonyl (C=O) groups is 1. The molecule has 3 aliphatic heterocycles. The van der Waals surface area contributed by atoms with Crippen molar-refractivity contribution in [1.29, 1.82) is 0 Å². The van der Waals surface area contributed by atoms with Crippen LogP contribution in [-0.2, 0) is 16.0 Å². The minimum Gasteiger partial charge on any atom is -0.381 e. The van der Waals surface area contributed by atoms with Gasteiger partial charge in [0, 0.05) is 44.3 Å². The highest BCUT2D eigenvalue weighted by atomic mass is 32.1. The number of piperidine rings is 1. The lowest BCUT2D eigenvalue weighted by Gasteiger charge is -2.35. The largest absolute Gasteiger partial charge is 0.381 e. The SMILES string of the molecule is O=C(NCC1CCN(Cc2cccs2)CC1)N1CCOC2(CCOCC2)CC1. The van der Waals surface area contributed by atoms with E-state index in [0.717, 1.165) is 78.0 Å². The Balaban J connectivity index is 1.16. The van der Waals surface area contributed by atoms with Crippen LogP contribution in [0.25, 0.3) is 0 Å². The molecule has 1 aromatic rings. The van der Waals surface area contributed by atoms with E-state index in [0.29, 0.717) is 19.1 Å². The molecular formula is C21H33N3O3S. The van der Waals surface area contributed by atoms with Crippen molar-refractivity contribution in [2.75, 3.05) is 52.5 Å². The number of likely N-dealkylation sites (tertiary alicyclic amines) is 1. The molecule has 156 valence electrons. The summed E-state index contributed by atoms with van der Waals surface area (Å²) in [6.07, 6.45) is 5.15. The Labute approximate surface area is 172 Å². The van der Waals surface area contributed by atoms with Crippen LogP contribution in [0.3, 0.4) is 0 Å². The van der Waals surface area contributed by atoms with Gasteiger partial charge in [0.2, 0.25) is 0 Å². The molecule has 0 atom stereocenters. The van der Waals surface area contributed by atoms with E-state index in [1.165, 1.54) is 4.88 Å². The molecule has 7 heteroatoms. The van der Waals surface area contributed by atoms with Crippen LogP contribution in [0.4, 0.5) is 4.79 Å². The summed E-state index contributed by atoms with van der Waals surface area (Å²) in [6.45, 7) is 7.77. The van der Waals surface area contributed by atoms with E-state index in [1.807, 2.05) is 16.2 Å². The molecule has 28 heavy (non-hydrogen) atoms. The van der Waals surface area contributed by atoms with Crippen LogP contribution < -0.4 is 5.32 Å². The van der Waals surface area contributed by atoms with Gasteiger partial charge in [-0.25, -0.2) is 4.79 Å². The molecule has 0 radical (unpaired) electrons. The van der Waals surface area contributed by atoms with Crippen molar-refractivity contribution in [3.63, 3.8) is 0 Å². The molecule has 4 rings (SSSR count). The van der Waals surface area contributed by atoms with Crippen molar-refractivity contribution in [3.05, 3.63) is 22.4 Å². The first-order chi connectivity index (χ1) is 13.7. The Kier molecular flexibility index (Phi) is 6.88. The van der Waals surface area contributed by atoms with E-state index >= 15 is 0 Å². The third-order valence-corrected chi connectivity index (χ3v) is 7.37.